The quantitative estimate of drug-likeness (QED) is 0.440. The molecular formula is C26H26N2O2. The van der Waals surface area contributed by atoms with Crippen LogP contribution in [0.1, 0.15) is 37.5 Å². The number of benzene rings is 3. The van der Waals surface area contributed by atoms with Gasteiger partial charge in [0.25, 0.3) is 0 Å². The van der Waals surface area contributed by atoms with Gasteiger partial charge < -0.3 is 9.73 Å². The van der Waals surface area contributed by atoms with Crippen LogP contribution in [0.2, 0.25) is 0 Å². The highest BCUT2D eigenvalue weighted by molar-refractivity contribution is 5.94. The van der Waals surface area contributed by atoms with Crippen molar-refractivity contribution in [2.45, 2.75) is 39.5 Å². The summed E-state index contributed by atoms with van der Waals surface area (Å²) in [7, 11) is 0. The van der Waals surface area contributed by atoms with Gasteiger partial charge in [0.1, 0.15) is 5.52 Å². The zero-order valence-electron chi connectivity index (χ0n) is 17.8. The second-order valence-corrected chi connectivity index (χ2v) is 8.74. The molecule has 0 saturated heterocycles. The molecule has 0 atom stereocenters. The molecule has 3 aromatic carbocycles. The van der Waals surface area contributed by atoms with Crippen molar-refractivity contribution < 1.29 is 9.21 Å². The maximum atomic E-state index is 12.4. The van der Waals surface area contributed by atoms with E-state index in [4.69, 9.17) is 4.42 Å². The highest BCUT2D eigenvalue weighted by atomic mass is 16.3. The molecule has 1 aromatic heterocycles. The van der Waals surface area contributed by atoms with E-state index in [1.165, 1.54) is 11.1 Å². The fraction of sp³-hybridized carbons (Fsp3) is 0.231. The molecule has 4 heteroatoms. The third kappa shape index (κ3) is 4.43. The molecule has 0 spiro atoms. The van der Waals surface area contributed by atoms with Crippen LogP contribution in [-0.4, -0.2) is 10.9 Å². The van der Waals surface area contributed by atoms with Crippen LogP contribution in [0.25, 0.3) is 22.6 Å². The largest absolute Gasteiger partial charge is 0.436 e. The first-order valence-corrected chi connectivity index (χ1v) is 10.1. The van der Waals surface area contributed by atoms with Gasteiger partial charge >= 0.3 is 0 Å². The lowest BCUT2D eigenvalue weighted by atomic mass is 9.87. The summed E-state index contributed by atoms with van der Waals surface area (Å²) in [4.78, 5) is 17.0. The summed E-state index contributed by atoms with van der Waals surface area (Å²) in [6.07, 6.45) is 0.336. The molecule has 0 bridgehead atoms. The summed E-state index contributed by atoms with van der Waals surface area (Å²) in [6.45, 7) is 8.60. The Bertz CT molecular complexity index is 1180. The van der Waals surface area contributed by atoms with Gasteiger partial charge in [0, 0.05) is 11.3 Å². The summed E-state index contributed by atoms with van der Waals surface area (Å²) in [6, 6.07) is 21.8. The van der Waals surface area contributed by atoms with Crippen LogP contribution in [0.5, 0.6) is 0 Å². The van der Waals surface area contributed by atoms with E-state index in [0.29, 0.717) is 23.6 Å². The Balaban J connectivity index is 1.51. The van der Waals surface area contributed by atoms with Gasteiger partial charge in [-0.3, -0.25) is 4.79 Å². The monoisotopic (exact) mass is 398 g/mol. The van der Waals surface area contributed by atoms with Crippen molar-refractivity contribution in [3.8, 4) is 11.5 Å². The molecule has 4 nitrogen and oxygen atoms in total. The summed E-state index contributed by atoms with van der Waals surface area (Å²) >= 11 is 0. The number of carbonyl (C=O) groups excluding carboxylic acids is 1. The molecule has 0 aliphatic heterocycles. The third-order valence-electron chi connectivity index (χ3n) is 5.15. The Labute approximate surface area is 177 Å². The Hall–Kier alpha value is -3.40. The van der Waals surface area contributed by atoms with Crippen LogP contribution < -0.4 is 5.32 Å². The molecule has 4 rings (SSSR count). The fourth-order valence-electron chi connectivity index (χ4n) is 3.34. The van der Waals surface area contributed by atoms with E-state index in [1.807, 2.05) is 61.5 Å². The number of nitrogens with one attached hydrogen (secondary N) is 1. The number of aryl methyl sites for hydroxylation is 1. The first-order chi connectivity index (χ1) is 14.3. The Morgan fingerprint density at radius 3 is 2.33 bits per heavy atom. The topological polar surface area (TPSA) is 55.1 Å². The molecule has 0 aliphatic rings. The lowest BCUT2D eigenvalue weighted by molar-refractivity contribution is -0.115. The van der Waals surface area contributed by atoms with Crippen molar-refractivity contribution in [2.75, 3.05) is 5.32 Å². The van der Waals surface area contributed by atoms with Gasteiger partial charge in [-0.1, -0.05) is 62.7 Å². The van der Waals surface area contributed by atoms with Crippen molar-refractivity contribution in [1.82, 2.24) is 4.98 Å². The van der Waals surface area contributed by atoms with Crippen molar-refractivity contribution in [3.63, 3.8) is 0 Å². The molecule has 0 saturated carbocycles. The van der Waals surface area contributed by atoms with E-state index >= 15 is 0 Å². The summed E-state index contributed by atoms with van der Waals surface area (Å²) in [5, 5.41) is 2.95. The molecular weight excluding hydrogens is 372 g/mol. The molecule has 152 valence electrons. The van der Waals surface area contributed by atoms with Gasteiger partial charge in [0.2, 0.25) is 11.8 Å². The normalized spacial score (nSPS) is 11.6. The minimum atomic E-state index is -0.0558. The van der Waals surface area contributed by atoms with Gasteiger partial charge in [-0.25, -0.2) is 4.98 Å². The average Bonchev–Trinajstić information content (AvgIpc) is 3.12. The standard InChI is InChI=1S/C26H26N2O2/c1-17-5-7-18(8-6-17)15-24(29)27-21-13-14-23-22(16-21)28-25(30-23)19-9-11-20(12-10-19)26(2,3)4/h5-14,16H,15H2,1-4H3,(H,27,29). The van der Waals surface area contributed by atoms with Crippen LogP contribution in [0.15, 0.2) is 71.1 Å². The number of fused-ring (bicyclic) bond motifs is 1. The Morgan fingerprint density at radius 2 is 1.67 bits per heavy atom. The second-order valence-electron chi connectivity index (χ2n) is 8.74. The molecule has 1 heterocycles. The maximum absolute atomic E-state index is 12.4. The number of hydrogen-bond donors (Lipinski definition) is 1. The van der Waals surface area contributed by atoms with E-state index in [2.05, 4.69) is 43.2 Å². The van der Waals surface area contributed by atoms with Crippen LogP contribution in [-0.2, 0) is 16.6 Å². The Kier molecular flexibility index (Phi) is 5.17. The number of anilines is 1. The van der Waals surface area contributed by atoms with Crippen molar-refractivity contribution in [1.29, 1.82) is 0 Å². The Morgan fingerprint density at radius 1 is 0.967 bits per heavy atom. The zero-order chi connectivity index (χ0) is 21.3. The SMILES string of the molecule is Cc1ccc(CC(=O)Nc2ccc3oc(-c4ccc(C(C)(C)C)cc4)nc3c2)cc1. The van der Waals surface area contributed by atoms with Gasteiger partial charge in [-0.05, 0) is 53.8 Å². The molecule has 0 unspecified atom stereocenters. The first kappa shape index (κ1) is 19.9. The van der Waals surface area contributed by atoms with E-state index in [0.717, 1.165) is 16.6 Å². The number of hydrogen-bond acceptors (Lipinski definition) is 3. The van der Waals surface area contributed by atoms with Crippen LogP contribution in [0, 0.1) is 6.92 Å². The van der Waals surface area contributed by atoms with Gasteiger partial charge in [0.05, 0.1) is 6.42 Å². The van der Waals surface area contributed by atoms with E-state index in [-0.39, 0.29) is 11.3 Å². The van der Waals surface area contributed by atoms with Crippen molar-refractivity contribution >= 4 is 22.7 Å². The summed E-state index contributed by atoms with van der Waals surface area (Å²) < 4.78 is 5.92. The van der Waals surface area contributed by atoms with Gasteiger partial charge in [-0.2, -0.15) is 0 Å². The van der Waals surface area contributed by atoms with Gasteiger partial charge in [0.15, 0.2) is 5.58 Å². The third-order valence-corrected chi connectivity index (χ3v) is 5.15. The second kappa shape index (κ2) is 7.79. The lowest BCUT2D eigenvalue weighted by Gasteiger charge is -2.18. The van der Waals surface area contributed by atoms with Crippen LogP contribution in [0.4, 0.5) is 5.69 Å². The van der Waals surface area contributed by atoms with Crippen LogP contribution in [0.3, 0.4) is 0 Å². The summed E-state index contributed by atoms with van der Waals surface area (Å²) in [5.74, 6) is 0.522. The predicted octanol–water partition coefficient (Wildman–Crippen LogP) is 6.28. The predicted molar refractivity (Wildman–Crippen MR) is 122 cm³/mol. The van der Waals surface area contributed by atoms with Crippen molar-refractivity contribution in [3.05, 3.63) is 83.4 Å². The average molecular weight is 399 g/mol. The van der Waals surface area contributed by atoms with E-state index in [9.17, 15) is 4.79 Å². The molecule has 4 aromatic rings. The molecule has 30 heavy (non-hydrogen) atoms. The highest BCUT2D eigenvalue weighted by Crippen LogP contribution is 2.29. The minimum absolute atomic E-state index is 0.0558. The zero-order valence-corrected chi connectivity index (χ0v) is 17.8. The number of rotatable bonds is 4. The molecule has 1 N–H and O–H groups in total. The number of nitrogens with zero attached hydrogens (tertiary/aromatic N) is 1. The maximum Gasteiger partial charge on any atom is 0.228 e. The first-order valence-electron chi connectivity index (χ1n) is 10.1. The fourth-order valence-corrected chi connectivity index (χ4v) is 3.34. The summed E-state index contributed by atoms with van der Waals surface area (Å²) in [5.41, 5.74) is 6.60. The molecule has 0 aliphatic carbocycles. The lowest BCUT2D eigenvalue weighted by Crippen LogP contribution is -2.14. The number of oxazole rings is 1. The highest BCUT2D eigenvalue weighted by Gasteiger charge is 2.15. The smallest absolute Gasteiger partial charge is 0.228 e. The van der Waals surface area contributed by atoms with E-state index in [1.54, 1.807) is 0 Å². The molecule has 0 fully saturated rings. The minimum Gasteiger partial charge on any atom is -0.436 e. The molecule has 0 radical (unpaired) electrons. The van der Waals surface area contributed by atoms with Gasteiger partial charge in [-0.15, -0.1) is 0 Å². The van der Waals surface area contributed by atoms with Crippen molar-refractivity contribution in [2.24, 2.45) is 0 Å². The van der Waals surface area contributed by atoms with E-state index < -0.39 is 0 Å². The number of aromatic nitrogens is 1. The number of amides is 1. The van der Waals surface area contributed by atoms with Crippen LogP contribution >= 0.6 is 0 Å². The molecule has 1 amide bonds. The number of carbonyl (C=O) groups is 1.